The van der Waals surface area contributed by atoms with Gasteiger partial charge in [-0.15, -0.1) is 0 Å². The summed E-state index contributed by atoms with van der Waals surface area (Å²) in [5.74, 6) is 0.510. The number of hydrogen-bond acceptors (Lipinski definition) is 3. The molecular weight excluding hydrogens is 144 g/mol. The van der Waals surface area contributed by atoms with Crippen molar-refractivity contribution in [1.29, 1.82) is 0 Å². The number of pyridine rings is 1. The zero-order valence-electron chi connectivity index (χ0n) is 5.94. The molecule has 0 N–H and O–H groups in total. The molecule has 56 valence electrons. The zero-order chi connectivity index (χ0) is 7.84. The molecule has 0 aromatic carbocycles. The molecule has 11 heavy (non-hydrogen) atoms. The van der Waals surface area contributed by atoms with E-state index < -0.39 is 0 Å². The minimum absolute atomic E-state index is 0.338. The number of fused-ring (bicyclic) bond motifs is 1. The number of aryl methyl sites for hydroxylation is 1. The SMILES string of the molecule is Cc1nc2c(ccc[n+]2[O-])o1. The molecule has 2 heterocycles. The Labute approximate surface area is 62.7 Å². The Bertz CT molecular complexity index is 394. The average molecular weight is 150 g/mol. The van der Waals surface area contributed by atoms with Crippen LogP contribution < -0.4 is 4.73 Å². The fourth-order valence-electron chi connectivity index (χ4n) is 0.977. The van der Waals surface area contributed by atoms with Crippen molar-refractivity contribution in [3.63, 3.8) is 0 Å². The third kappa shape index (κ3) is 0.832. The number of nitrogens with zero attached hydrogens (tertiary/aromatic N) is 2. The molecule has 2 aromatic heterocycles. The van der Waals surface area contributed by atoms with Crippen LogP contribution in [0.4, 0.5) is 0 Å². The van der Waals surface area contributed by atoms with E-state index in [2.05, 4.69) is 4.98 Å². The highest BCUT2D eigenvalue weighted by atomic mass is 16.5. The van der Waals surface area contributed by atoms with Gasteiger partial charge in [0.1, 0.15) is 0 Å². The molecule has 0 saturated carbocycles. The van der Waals surface area contributed by atoms with Gasteiger partial charge in [-0.05, 0) is 17.1 Å². The molecule has 0 radical (unpaired) electrons. The Morgan fingerprint density at radius 1 is 1.64 bits per heavy atom. The van der Waals surface area contributed by atoms with E-state index in [9.17, 15) is 5.21 Å². The van der Waals surface area contributed by atoms with Crippen molar-refractivity contribution in [2.45, 2.75) is 6.92 Å². The van der Waals surface area contributed by atoms with Crippen molar-refractivity contribution < 1.29 is 9.15 Å². The first-order valence-corrected chi connectivity index (χ1v) is 3.23. The van der Waals surface area contributed by atoms with Crippen molar-refractivity contribution in [2.24, 2.45) is 0 Å². The van der Waals surface area contributed by atoms with E-state index in [1.54, 1.807) is 19.1 Å². The molecular formula is C7H6N2O2. The fraction of sp³-hybridized carbons (Fsp3) is 0.143. The molecule has 0 fully saturated rings. The van der Waals surface area contributed by atoms with Crippen LogP contribution in [0.2, 0.25) is 0 Å². The summed E-state index contributed by atoms with van der Waals surface area (Å²) in [6.07, 6.45) is 1.39. The van der Waals surface area contributed by atoms with Gasteiger partial charge in [0.25, 0.3) is 0 Å². The van der Waals surface area contributed by atoms with Gasteiger partial charge in [-0.25, -0.2) is 4.73 Å². The van der Waals surface area contributed by atoms with Crippen molar-refractivity contribution in [2.75, 3.05) is 0 Å². The lowest BCUT2D eigenvalue weighted by molar-refractivity contribution is -0.579. The van der Waals surface area contributed by atoms with Crippen LogP contribution in [0.25, 0.3) is 11.2 Å². The molecule has 0 bridgehead atoms. The van der Waals surface area contributed by atoms with Gasteiger partial charge in [0.15, 0.2) is 0 Å². The number of rotatable bonds is 0. The second-order valence-electron chi connectivity index (χ2n) is 2.25. The van der Waals surface area contributed by atoms with E-state index in [1.165, 1.54) is 6.20 Å². The molecule has 0 unspecified atom stereocenters. The van der Waals surface area contributed by atoms with Crippen molar-refractivity contribution in [3.8, 4) is 0 Å². The summed E-state index contributed by atoms with van der Waals surface area (Å²) in [4.78, 5) is 3.90. The van der Waals surface area contributed by atoms with E-state index in [1.807, 2.05) is 0 Å². The summed E-state index contributed by atoms with van der Waals surface area (Å²) in [5, 5.41) is 11.0. The number of aromatic nitrogens is 2. The Hall–Kier alpha value is -1.58. The van der Waals surface area contributed by atoms with Gasteiger partial charge in [-0.3, -0.25) is 0 Å². The Morgan fingerprint density at radius 2 is 2.45 bits per heavy atom. The second-order valence-corrected chi connectivity index (χ2v) is 2.25. The largest absolute Gasteiger partial charge is 0.710 e. The molecule has 0 aliphatic heterocycles. The molecule has 0 aliphatic carbocycles. The van der Waals surface area contributed by atoms with Crippen LogP contribution in [-0.2, 0) is 0 Å². The van der Waals surface area contributed by atoms with Crippen LogP contribution in [-0.4, -0.2) is 4.98 Å². The molecule has 0 amide bonds. The first-order chi connectivity index (χ1) is 5.27. The van der Waals surface area contributed by atoms with Crippen molar-refractivity contribution in [1.82, 2.24) is 4.98 Å². The lowest BCUT2D eigenvalue weighted by Gasteiger charge is -1.96. The van der Waals surface area contributed by atoms with Gasteiger partial charge < -0.3 is 9.62 Å². The summed E-state index contributed by atoms with van der Waals surface area (Å²) < 4.78 is 5.80. The molecule has 4 nitrogen and oxygen atoms in total. The predicted octanol–water partition coefficient (Wildman–Crippen LogP) is 0.770. The summed E-state index contributed by atoms with van der Waals surface area (Å²) in [6, 6.07) is 3.34. The smallest absolute Gasteiger partial charge is 0.373 e. The Kier molecular flexibility index (Phi) is 1.09. The van der Waals surface area contributed by atoms with Gasteiger partial charge in [-0.1, -0.05) is 0 Å². The third-order valence-electron chi connectivity index (χ3n) is 1.42. The van der Waals surface area contributed by atoms with Gasteiger partial charge in [0, 0.05) is 6.92 Å². The maximum atomic E-state index is 11.0. The summed E-state index contributed by atoms with van der Waals surface area (Å²) in [7, 11) is 0. The molecule has 0 aliphatic rings. The molecule has 2 aromatic rings. The Morgan fingerprint density at radius 3 is 3.18 bits per heavy atom. The van der Waals surface area contributed by atoms with E-state index in [0.29, 0.717) is 21.9 Å². The van der Waals surface area contributed by atoms with Gasteiger partial charge >= 0.3 is 11.5 Å². The monoisotopic (exact) mass is 150 g/mol. The third-order valence-corrected chi connectivity index (χ3v) is 1.42. The minimum Gasteiger partial charge on any atom is -0.710 e. The highest BCUT2D eigenvalue weighted by Crippen LogP contribution is 2.08. The van der Waals surface area contributed by atoms with E-state index >= 15 is 0 Å². The van der Waals surface area contributed by atoms with Crippen molar-refractivity contribution in [3.05, 3.63) is 29.4 Å². The van der Waals surface area contributed by atoms with Crippen LogP contribution in [0.3, 0.4) is 0 Å². The van der Waals surface area contributed by atoms with Crippen LogP contribution in [0.5, 0.6) is 0 Å². The first-order valence-electron chi connectivity index (χ1n) is 3.23. The lowest BCUT2D eigenvalue weighted by Crippen LogP contribution is -2.25. The zero-order valence-corrected chi connectivity index (χ0v) is 5.94. The lowest BCUT2D eigenvalue weighted by atomic mass is 10.5. The highest BCUT2D eigenvalue weighted by molar-refractivity contribution is 5.63. The quantitative estimate of drug-likeness (QED) is 0.411. The topological polar surface area (TPSA) is 53.0 Å². The number of oxazole rings is 1. The normalized spacial score (nSPS) is 10.6. The second kappa shape index (κ2) is 1.95. The maximum absolute atomic E-state index is 11.0. The van der Waals surface area contributed by atoms with Crippen LogP contribution in [0, 0.1) is 12.1 Å². The molecule has 0 saturated heterocycles. The van der Waals surface area contributed by atoms with E-state index in [4.69, 9.17) is 4.42 Å². The van der Waals surface area contributed by atoms with Crippen LogP contribution in [0.15, 0.2) is 22.7 Å². The standard InChI is InChI=1S/C7H6N2O2/c1-5-8-7-6(11-5)3-2-4-9(7)10/h2-4H,1H3. The summed E-state index contributed by atoms with van der Waals surface area (Å²) in [5.41, 5.74) is 0.866. The molecule has 2 rings (SSSR count). The fourth-order valence-corrected chi connectivity index (χ4v) is 0.977. The maximum Gasteiger partial charge on any atom is 0.373 e. The molecule has 4 heteroatoms. The van der Waals surface area contributed by atoms with Crippen LogP contribution >= 0.6 is 0 Å². The average Bonchev–Trinajstić information content (AvgIpc) is 2.31. The molecule has 0 spiro atoms. The summed E-state index contributed by atoms with van der Waals surface area (Å²) in [6.45, 7) is 1.71. The van der Waals surface area contributed by atoms with Gasteiger partial charge in [0.2, 0.25) is 5.58 Å². The highest BCUT2D eigenvalue weighted by Gasteiger charge is 2.10. The first kappa shape index (κ1) is 6.15. The summed E-state index contributed by atoms with van der Waals surface area (Å²) >= 11 is 0. The molecule has 0 atom stereocenters. The van der Waals surface area contributed by atoms with E-state index in [-0.39, 0.29) is 0 Å². The predicted molar refractivity (Wildman–Crippen MR) is 37.7 cm³/mol. The van der Waals surface area contributed by atoms with Crippen molar-refractivity contribution >= 4 is 11.2 Å². The van der Waals surface area contributed by atoms with Gasteiger partial charge in [-0.2, -0.15) is 0 Å². The van der Waals surface area contributed by atoms with E-state index in [0.717, 1.165) is 0 Å². The number of hydrogen-bond donors (Lipinski definition) is 0. The Balaban J connectivity index is 2.90. The minimum atomic E-state index is 0.338. The van der Waals surface area contributed by atoms with Gasteiger partial charge in [0.05, 0.1) is 6.20 Å². The van der Waals surface area contributed by atoms with Crippen LogP contribution in [0.1, 0.15) is 5.89 Å².